The van der Waals surface area contributed by atoms with Gasteiger partial charge < -0.3 is 10.3 Å². The van der Waals surface area contributed by atoms with Crippen LogP contribution in [0.1, 0.15) is 24.5 Å². The van der Waals surface area contributed by atoms with Crippen molar-refractivity contribution in [2.45, 2.75) is 18.8 Å². The van der Waals surface area contributed by atoms with E-state index in [9.17, 15) is 0 Å². The Morgan fingerprint density at radius 1 is 1.29 bits per heavy atom. The first kappa shape index (κ1) is 10.4. The van der Waals surface area contributed by atoms with Gasteiger partial charge in [0.2, 0.25) is 0 Å². The van der Waals surface area contributed by atoms with Crippen LogP contribution < -0.4 is 5.32 Å². The van der Waals surface area contributed by atoms with Gasteiger partial charge in [0.05, 0.1) is 11.9 Å². The Morgan fingerprint density at radius 2 is 2.29 bits per heavy atom. The number of hydrogen-bond donors (Lipinski definition) is 2. The molecule has 5 nitrogen and oxygen atoms in total. The molecule has 1 aliphatic heterocycles. The first-order valence-corrected chi connectivity index (χ1v) is 5.96. The van der Waals surface area contributed by atoms with Crippen molar-refractivity contribution in [3.63, 3.8) is 0 Å². The second kappa shape index (κ2) is 4.63. The van der Waals surface area contributed by atoms with E-state index in [2.05, 4.69) is 25.3 Å². The number of aromatic nitrogens is 4. The average Bonchev–Trinajstić information content (AvgIpc) is 2.94. The lowest BCUT2D eigenvalue weighted by molar-refractivity contribution is 0.454. The maximum absolute atomic E-state index is 4.64. The molecular weight excluding hydrogens is 214 g/mol. The van der Waals surface area contributed by atoms with Crippen molar-refractivity contribution in [3.05, 3.63) is 30.5 Å². The van der Waals surface area contributed by atoms with Crippen LogP contribution in [0, 0.1) is 0 Å². The van der Waals surface area contributed by atoms with E-state index in [4.69, 9.17) is 0 Å². The van der Waals surface area contributed by atoms with Crippen molar-refractivity contribution in [1.29, 1.82) is 0 Å². The molecule has 3 heterocycles. The highest BCUT2D eigenvalue weighted by atomic mass is 15.0. The third-order valence-corrected chi connectivity index (χ3v) is 3.11. The molecule has 0 aliphatic carbocycles. The zero-order valence-electron chi connectivity index (χ0n) is 9.56. The highest BCUT2D eigenvalue weighted by Crippen LogP contribution is 2.22. The highest BCUT2D eigenvalue weighted by Gasteiger charge is 2.17. The molecule has 1 fully saturated rings. The molecule has 88 valence electrons. The predicted molar refractivity (Wildman–Crippen MR) is 64.5 cm³/mol. The summed E-state index contributed by atoms with van der Waals surface area (Å²) in [6, 6.07) is 0. The van der Waals surface area contributed by atoms with Crippen LogP contribution in [-0.2, 0) is 0 Å². The minimum absolute atomic E-state index is 0.478. The highest BCUT2D eigenvalue weighted by molar-refractivity contribution is 5.47. The van der Waals surface area contributed by atoms with E-state index in [0.717, 1.165) is 30.3 Å². The van der Waals surface area contributed by atoms with Crippen LogP contribution in [-0.4, -0.2) is 33.0 Å². The van der Waals surface area contributed by atoms with Gasteiger partial charge in [-0.2, -0.15) is 0 Å². The fourth-order valence-electron chi connectivity index (χ4n) is 2.20. The molecular formula is C12H15N5. The molecule has 1 atom stereocenters. The number of imidazole rings is 1. The number of rotatable bonds is 2. The summed E-state index contributed by atoms with van der Waals surface area (Å²) in [7, 11) is 0. The molecule has 1 aliphatic rings. The van der Waals surface area contributed by atoms with E-state index in [1.165, 1.54) is 12.8 Å². The number of piperidine rings is 1. The molecule has 2 aromatic rings. The predicted octanol–water partition coefficient (Wildman–Crippen LogP) is 1.33. The van der Waals surface area contributed by atoms with Gasteiger partial charge in [0.1, 0.15) is 5.69 Å². The van der Waals surface area contributed by atoms with Gasteiger partial charge in [0.15, 0.2) is 5.82 Å². The fraction of sp³-hybridized carbons (Fsp3) is 0.417. The van der Waals surface area contributed by atoms with Crippen molar-refractivity contribution in [1.82, 2.24) is 25.3 Å². The lowest BCUT2D eigenvalue weighted by Gasteiger charge is -2.22. The molecule has 1 saturated heterocycles. The molecule has 0 radical (unpaired) electrons. The quantitative estimate of drug-likeness (QED) is 0.815. The SMILES string of the molecule is c1c[nH]c(-c2cncc([C@@H]3CCCNC3)n2)n1. The second-order valence-corrected chi connectivity index (χ2v) is 4.31. The smallest absolute Gasteiger partial charge is 0.157 e. The van der Waals surface area contributed by atoms with Crippen LogP contribution in [0.25, 0.3) is 11.5 Å². The number of H-pyrrole nitrogens is 1. The van der Waals surface area contributed by atoms with E-state index in [1.807, 2.05) is 6.20 Å². The van der Waals surface area contributed by atoms with Gasteiger partial charge >= 0.3 is 0 Å². The average molecular weight is 229 g/mol. The summed E-state index contributed by atoms with van der Waals surface area (Å²) in [6.45, 7) is 2.11. The molecule has 2 aromatic heterocycles. The normalized spacial score (nSPS) is 20.4. The standard InChI is InChI=1S/C12H15N5/c1-2-9(6-13-3-1)10-7-14-8-11(17-10)12-15-4-5-16-12/h4-5,7-9,13H,1-3,6H2,(H,15,16)/t9-/m1/s1. The van der Waals surface area contributed by atoms with Gasteiger partial charge in [0, 0.05) is 31.1 Å². The van der Waals surface area contributed by atoms with Gasteiger partial charge in [-0.1, -0.05) is 0 Å². The third-order valence-electron chi connectivity index (χ3n) is 3.11. The molecule has 0 saturated carbocycles. The summed E-state index contributed by atoms with van der Waals surface area (Å²) < 4.78 is 0. The Bertz CT molecular complexity index is 473. The molecule has 3 rings (SSSR count). The van der Waals surface area contributed by atoms with E-state index >= 15 is 0 Å². The van der Waals surface area contributed by atoms with Gasteiger partial charge in [-0.05, 0) is 19.4 Å². The Morgan fingerprint density at radius 3 is 3.06 bits per heavy atom. The number of nitrogens with zero attached hydrogens (tertiary/aromatic N) is 3. The van der Waals surface area contributed by atoms with Crippen LogP contribution in [0.2, 0.25) is 0 Å². The summed E-state index contributed by atoms with van der Waals surface area (Å²) in [5.41, 5.74) is 1.88. The van der Waals surface area contributed by atoms with Gasteiger partial charge in [-0.25, -0.2) is 9.97 Å². The summed E-state index contributed by atoms with van der Waals surface area (Å²) in [6.07, 6.45) is 9.53. The van der Waals surface area contributed by atoms with Gasteiger partial charge in [-0.15, -0.1) is 0 Å². The first-order valence-electron chi connectivity index (χ1n) is 5.96. The number of nitrogens with one attached hydrogen (secondary N) is 2. The third kappa shape index (κ3) is 2.19. The summed E-state index contributed by atoms with van der Waals surface area (Å²) >= 11 is 0. The van der Waals surface area contributed by atoms with E-state index in [0.29, 0.717) is 5.92 Å². The summed E-state index contributed by atoms with van der Waals surface area (Å²) in [5.74, 6) is 1.26. The van der Waals surface area contributed by atoms with Crippen molar-refractivity contribution >= 4 is 0 Å². The van der Waals surface area contributed by atoms with E-state index in [1.54, 1.807) is 18.6 Å². The zero-order valence-corrected chi connectivity index (χ0v) is 9.56. The maximum Gasteiger partial charge on any atom is 0.157 e. The first-order chi connectivity index (χ1) is 8.43. The maximum atomic E-state index is 4.64. The lowest BCUT2D eigenvalue weighted by atomic mass is 9.96. The molecule has 2 N–H and O–H groups in total. The van der Waals surface area contributed by atoms with Crippen LogP contribution in [0.15, 0.2) is 24.8 Å². The molecule has 17 heavy (non-hydrogen) atoms. The van der Waals surface area contributed by atoms with E-state index in [-0.39, 0.29) is 0 Å². The van der Waals surface area contributed by atoms with Crippen LogP contribution in [0.3, 0.4) is 0 Å². The van der Waals surface area contributed by atoms with E-state index < -0.39 is 0 Å². The topological polar surface area (TPSA) is 66.5 Å². The zero-order chi connectivity index (χ0) is 11.5. The van der Waals surface area contributed by atoms with Crippen molar-refractivity contribution in [2.24, 2.45) is 0 Å². The van der Waals surface area contributed by atoms with Crippen LogP contribution in [0.4, 0.5) is 0 Å². The minimum atomic E-state index is 0.478. The molecule has 0 bridgehead atoms. The minimum Gasteiger partial charge on any atom is -0.343 e. The Balaban J connectivity index is 1.88. The Kier molecular flexibility index (Phi) is 2.83. The van der Waals surface area contributed by atoms with Gasteiger partial charge in [0.25, 0.3) is 0 Å². The van der Waals surface area contributed by atoms with Crippen LogP contribution in [0.5, 0.6) is 0 Å². The summed E-state index contributed by atoms with van der Waals surface area (Å²) in [4.78, 5) is 16.2. The molecule has 0 amide bonds. The second-order valence-electron chi connectivity index (χ2n) is 4.31. The van der Waals surface area contributed by atoms with Crippen molar-refractivity contribution in [2.75, 3.05) is 13.1 Å². The van der Waals surface area contributed by atoms with Crippen molar-refractivity contribution < 1.29 is 0 Å². The van der Waals surface area contributed by atoms with Crippen LogP contribution >= 0.6 is 0 Å². The number of hydrogen-bond acceptors (Lipinski definition) is 4. The molecule has 0 unspecified atom stereocenters. The Labute approximate surface area is 99.7 Å². The molecule has 5 heteroatoms. The largest absolute Gasteiger partial charge is 0.343 e. The molecule has 0 spiro atoms. The summed E-state index contributed by atoms with van der Waals surface area (Å²) in [5, 5.41) is 3.40. The monoisotopic (exact) mass is 229 g/mol. The fourth-order valence-corrected chi connectivity index (χ4v) is 2.20. The Hall–Kier alpha value is -1.75. The molecule has 0 aromatic carbocycles. The van der Waals surface area contributed by atoms with Gasteiger partial charge in [-0.3, -0.25) is 4.98 Å². The lowest BCUT2D eigenvalue weighted by Crippen LogP contribution is -2.28. The number of aromatic amines is 1. The van der Waals surface area contributed by atoms with Crippen molar-refractivity contribution in [3.8, 4) is 11.5 Å².